The van der Waals surface area contributed by atoms with E-state index in [1.165, 1.54) is 4.90 Å². The molecule has 2 amide bonds. The lowest BCUT2D eigenvalue weighted by Crippen LogP contribution is -2.37. The average Bonchev–Trinajstić information content (AvgIpc) is 3.53. The van der Waals surface area contributed by atoms with Gasteiger partial charge in [0.1, 0.15) is 16.6 Å². The molecule has 1 unspecified atom stereocenters. The summed E-state index contributed by atoms with van der Waals surface area (Å²) < 4.78 is 16.7. The van der Waals surface area contributed by atoms with Crippen molar-refractivity contribution in [1.82, 2.24) is 24.8 Å². The maximum absolute atomic E-state index is 13.8. The first-order chi connectivity index (χ1) is 22.0. The molecule has 46 heavy (non-hydrogen) atoms. The van der Waals surface area contributed by atoms with Gasteiger partial charge in [-0.1, -0.05) is 11.6 Å². The molecule has 0 saturated carbocycles. The second-order valence-electron chi connectivity index (χ2n) is 12.7. The van der Waals surface area contributed by atoms with Gasteiger partial charge < -0.3 is 33.8 Å². The summed E-state index contributed by atoms with van der Waals surface area (Å²) in [5, 5.41) is 0.437. The number of carbonyl (C=O) groups is 2. The number of morpholine rings is 1. The van der Waals surface area contributed by atoms with Crippen molar-refractivity contribution in [3.05, 3.63) is 52.9 Å². The van der Waals surface area contributed by atoms with E-state index in [2.05, 4.69) is 14.8 Å². The van der Waals surface area contributed by atoms with Crippen LogP contribution < -0.4 is 9.80 Å². The van der Waals surface area contributed by atoms with Gasteiger partial charge in [-0.05, 0) is 57.9 Å². The van der Waals surface area contributed by atoms with Crippen molar-refractivity contribution >= 4 is 46.1 Å². The molecule has 0 bridgehead atoms. The Bertz CT molecular complexity index is 1530. The fourth-order valence-electron chi connectivity index (χ4n) is 5.68. The van der Waals surface area contributed by atoms with E-state index in [0.29, 0.717) is 55.8 Å². The minimum Gasteiger partial charge on any atom is -0.444 e. The molecule has 248 valence electrons. The molecule has 2 aliphatic heterocycles. The second-order valence-corrected chi connectivity index (χ2v) is 13.1. The van der Waals surface area contributed by atoms with Gasteiger partial charge in [-0.2, -0.15) is 0 Å². The number of benzene rings is 1. The Labute approximate surface area is 275 Å². The highest BCUT2D eigenvalue weighted by Crippen LogP contribution is 2.39. The fourth-order valence-corrected chi connectivity index (χ4v) is 5.85. The van der Waals surface area contributed by atoms with Crippen molar-refractivity contribution in [3.63, 3.8) is 0 Å². The summed E-state index contributed by atoms with van der Waals surface area (Å²) in [7, 11) is 3.43. The Morgan fingerprint density at radius 1 is 1.04 bits per heavy atom. The van der Waals surface area contributed by atoms with E-state index in [-0.39, 0.29) is 11.9 Å². The van der Waals surface area contributed by atoms with Gasteiger partial charge in [0.25, 0.3) is 5.91 Å². The van der Waals surface area contributed by atoms with Crippen molar-refractivity contribution in [2.75, 3.05) is 83.0 Å². The van der Waals surface area contributed by atoms with Crippen LogP contribution in [0.15, 0.2) is 36.7 Å². The van der Waals surface area contributed by atoms with E-state index in [4.69, 9.17) is 35.8 Å². The molecule has 2 aromatic heterocycles. The predicted molar refractivity (Wildman–Crippen MR) is 178 cm³/mol. The number of hydrogen-bond acceptors (Lipinski definition) is 10. The van der Waals surface area contributed by atoms with Crippen LogP contribution in [0, 0.1) is 0 Å². The summed E-state index contributed by atoms with van der Waals surface area (Å²) >= 11 is 6.27. The van der Waals surface area contributed by atoms with Crippen molar-refractivity contribution in [1.29, 1.82) is 0 Å². The highest BCUT2D eigenvalue weighted by Gasteiger charge is 2.30. The Morgan fingerprint density at radius 2 is 1.78 bits per heavy atom. The van der Waals surface area contributed by atoms with Crippen LogP contribution in [0.1, 0.15) is 55.6 Å². The summed E-state index contributed by atoms with van der Waals surface area (Å²) in [5.74, 6) is 0.674. The molecule has 2 fully saturated rings. The van der Waals surface area contributed by atoms with Crippen molar-refractivity contribution < 1.29 is 23.8 Å². The Kier molecular flexibility index (Phi) is 10.8. The Balaban J connectivity index is 1.33. The van der Waals surface area contributed by atoms with Crippen LogP contribution in [-0.2, 0) is 14.2 Å². The maximum Gasteiger partial charge on any atom is 0.410 e. The van der Waals surface area contributed by atoms with E-state index in [1.807, 2.05) is 45.0 Å². The van der Waals surface area contributed by atoms with Crippen LogP contribution in [0.5, 0.6) is 0 Å². The smallest absolute Gasteiger partial charge is 0.410 e. The van der Waals surface area contributed by atoms with Gasteiger partial charge in [-0.3, -0.25) is 9.78 Å². The minimum absolute atomic E-state index is 0.0152. The zero-order valence-electron chi connectivity index (χ0n) is 27.4. The van der Waals surface area contributed by atoms with E-state index in [0.717, 1.165) is 55.1 Å². The van der Waals surface area contributed by atoms with Gasteiger partial charge in [0.2, 0.25) is 0 Å². The van der Waals surface area contributed by atoms with Gasteiger partial charge in [0.05, 0.1) is 49.7 Å². The molecular weight excluding hydrogens is 610 g/mol. The number of aromatic nitrogens is 3. The number of halogens is 1. The second kappa shape index (κ2) is 14.8. The van der Waals surface area contributed by atoms with E-state index in [9.17, 15) is 9.59 Å². The molecule has 0 radical (unpaired) electrons. The molecule has 4 heterocycles. The number of fused-ring (bicyclic) bond motifs is 1. The topological polar surface area (TPSA) is 113 Å². The first kappa shape index (κ1) is 33.6. The van der Waals surface area contributed by atoms with Crippen LogP contribution in [0.25, 0.3) is 11.0 Å². The zero-order chi connectivity index (χ0) is 32.8. The summed E-state index contributed by atoms with van der Waals surface area (Å²) in [6, 6.07) is 7.62. The quantitative estimate of drug-likeness (QED) is 0.223. The SMILES string of the molecule is CN(CCOCCN(C)C(=O)c1cc(C2CCCN2c2ccnc(Cl)c2)c2nc(N3CCOCC3)cnc2c1)C(=O)OC(C)(C)C. The highest BCUT2D eigenvalue weighted by atomic mass is 35.5. The average molecular weight is 654 g/mol. The molecular formula is C33H44ClN7O5. The summed E-state index contributed by atoms with van der Waals surface area (Å²) in [5.41, 5.74) is 3.39. The molecule has 2 aliphatic rings. The van der Waals surface area contributed by atoms with Gasteiger partial charge in [0.15, 0.2) is 0 Å². The van der Waals surface area contributed by atoms with Crippen molar-refractivity contribution in [3.8, 4) is 0 Å². The highest BCUT2D eigenvalue weighted by molar-refractivity contribution is 6.29. The third kappa shape index (κ3) is 8.34. The number of amides is 2. The van der Waals surface area contributed by atoms with Gasteiger partial charge in [-0.25, -0.2) is 14.8 Å². The molecule has 2 saturated heterocycles. The Hall–Kier alpha value is -3.74. The van der Waals surface area contributed by atoms with Crippen molar-refractivity contribution in [2.24, 2.45) is 0 Å². The fraction of sp³-hybridized carbons (Fsp3) is 0.545. The largest absolute Gasteiger partial charge is 0.444 e. The summed E-state index contributed by atoms with van der Waals surface area (Å²) in [6.45, 7) is 10.6. The lowest BCUT2D eigenvalue weighted by atomic mass is 9.98. The number of carbonyl (C=O) groups excluding carboxylic acids is 2. The van der Waals surface area contributed by atoms with E-state index in [1.54, 1.807) is 31.4 Å². The minimum atomic E-state index is -0.558. The molecule has 0 N–H and O–H groups in total. The monoisotopic (exact) mass is 653 g/mol. The predicted octanol–water partition coefficient (Wildman–Crippen LogP) is 4.81. The lowest BCUT2D eigenvalue weighted by Gasteiger charge is -2.30. The number of anilines is 2. The Morgan fingerprint density at radius 3 is 2.50 bits per heavy atom. The van der Waals surface area contributed by atoms with Crippen molar-refractivity contribution in [2.45, 2.75) is 45.3 Å². The molecule has 12 nitrogen and oxygen atoms in total. The number of rotatable bonds is 10. The first-order valence-corrected chi connectivity index (χ1v) is 16.2. The molecule has 0 aliphatic carbocycles. The molecule has 1 aromatic carbocycles. The molecule has 0 spiro atoms. The first-order valence-electron chi connectivity index (χ1n) is 15.8. The lowest BCUT2D eigenvalue weighted by molar-refractivity contribution is 0.0223. The zero-order valence-corrected chi connectivity index (χ0v) is 28.1. The van der Waals surface area contributed by atoms with Crippen LogP contribution in [-0.4, -0.2) is 116 Å². The number of pyridine rings is 1. The molecule has 5 rings (SSSR count). The van der Waals surface area contributed by atoms with Crippen LogP contribution in [0.3, 0.4) is 0 Å². The molecule has 13 heteroatoms. The number of ether oxygens (including phenoxy) is 3. The normalized spacial score (nSPS) is 17.0. The third-order valence-electron chi connectivity index (χ3n) is 8.09. The third-order valence-corrected chi connectivity index (χ3v) is 8.30. The van der Waals surface area contributed by atoms with Gasteiger partial charge in [0, 0.05) is 69.8 Å². The number of hydrogen-bond donors (Lipinski definition) is 0. The molecule has 3 aromatic rings. The van der Waals surface area contributed by atoms with Crippen LogP contribution in [0.2, 0.25) is 5.15 Å². The van der Waals surface area contributed by atoms with Crippen LogP contribution >= 0.6 is 11.6 Å². The van der Waals surface area contributed by atoms with E-state index >= 15 is 0 Å². The van der Waals surface area contributed by atoms with Gasteiger partial charge >= 0.3 is 6.09 Å². The molecule has 1 atom stereocenters. The summed E-state index contributed by atoms with van der Waals surface area (Å²) in [6.07, 6.45) is 4.99. The maximum atomic E-state index is 13.8. The standard InChI is InChI=1S/C33H44ClN7O5/c1-33(2,3)46-32(43)39(5)12-16-44-15-11-38(4)31(42)23-19-25(27-7-6-10-41(27)24-8-9-35-28(34)21-24)30-26(20-23)36-22-29(37-30)40-13-17-45-18-14-40/h8-9,19-22,27H,6-7,10-18H2,1-5H3. The van der Waals surface area contributed by atoms with Gasteiger partial charge in [-0.15, -0.1) is 0 Å². The van der Waals surface area contributed by atoms with E-state index < -0.39 is 11.7 Å². The number of likely N-dealkylation sites (N-methyl/N-ethyl adjacent to an activating group) is 2. The van der Waals surface area contributed by atoms with Crippen LogP contribution in [0.4, 0.5) is 16.3 Å². The summed E-state index contributed by atoms with van der Waals surface area (Å²) in [4.78, 5) is 47.6. The number of nitrogens with zero attached hydrogens (tertiary/aromatic N) is 7.